The average molecular weight is 292 g/mol. The number of ether oxygens (including phenoxy) is 1. The van der Waals surface area contributed by atoms with Crippen molar-refractivity contribution in [3.05, 3.63) is 46.5 Å². The maximum Gasteiger partial charge on any atom is 0.170 e. The summed E-state index contributed by atoms with van der Waals surface area (Å²) in [5.74, 6) is -0.128. The van der Waals surface area contributed by atoms with Crippen LogP contribution in [-0.4, -0.2) is 22.0 Å². The molecule has 0 aliphatic carbocycles. The molecule has 0 radical (unpaired) electrons. The molecule has 1 aromatic carbocycles. The first-order valence-corrected chi connectivity index (χ1v) is 7.15. The molecule has 0 spiro atoms. The lowest BCUT2D eigenvalue weighted by atomic mass is 10.1. The monoisotopic (exact) mass is 292 g/mol. The number of aliphatic hydroxyl groups is 1. The van der Waals surface area contributed by atoms with E-state index in [0.29, 0.717) is 12.1 Å². The van der Waals surface area contributed by atoms with Crippen molar-refractivity contribution in [3.8, 4) is 5.75 Å². The molecular weight excluding hydrogens is 271 g/mol. The minimum absolute atomic E-state index is 0.0348. The van der Waals surface area contributed by atoms with Crippen LogP contribution in [-0.2, 0) is 26.0 Å². The Bertz CT molecular complexity index is 623. The third-order valence-corrected chi connectivity index (χ3v) is 3.66. The zero-order valence-corrected chi connectivity index (χ0v) is 12.7. The lowest BCUT2D eigenvalue weighted by Crippen LogP contribution is -2.08. The summed E-state index contributed by atoms with van der Waals surface area (Å²) >= 11 is 0. The molecule has 0 aliphatic heterocycles. The van der Waals surface area contributed by atoms with E-state index in [0.717, 1.165) is 29.8 Å². The van der Waals surface area contributed by atoms with Gasteiger partial charge in [-0.1, -0.05) is 26.0 Å². The topological polar surface area (TPSA) is 47.3 Å². The summed E-state index contributed by atoms with van der Waals surface area (Å²) < 4.78 is 21.0. The quantitative estimate of drug-likeness (QED) is 0.890. The Morgan fingerprint density at radius 3 is 2.62 bits per heavy atom. The van der Waals surface area contributed by atoms with Crippen molar-refractivity contribution in [2.75, 3.05) is 7.11 Å². The fourth-order valence-electron chi connectivity index (χ4n) is 2.58. The van der Waals surface area contributed by atoms with E-state index in [4.69, 9.17) is 4.74 Å². The van der Waals surface area contributed by atoms with E-state index in [-0.39, 0.29) is 18.2 Å². The molecule has 1 heterocycles. The predicted octanol–water partition coefficient (Wildman–Crippen LogP) is 2.70. The first-order valence-electron chi connectivity index (χ1n) is 7.15. The van der Waals surface area contributed by atoms with E-state index >= 15 is 0 Å². The van der Waals surface area contributed by atoms with Gasteiger partial charge in [0.1, 0.15) is 0 Å². The Kier molecular flexibility index (Phi) is 4.96. The van der Waals surface area contributed by atoms with Crippen molar-refractivity contribution < 1.29 is 14.2 Å². The zero-order valence-electron chi connectivity index (χ0n) is 12.7. The van der Waals surface area contributed by atoms with E-state index in [1.54, 1.807) is 22.9 Å². The number of hydrogen-bond acceptors (Lipinski definition) is 3. The number of methoxy groups -OCH3 is 1. The van der Waals surface area contributed by atoms with Crippen LogP contribution in [0, 0.1) is 5.82 Å². The molecule has 1 aromatic heterocycles. The molecular formula is C16H21FN2O2. The first-order chi connectivity index (χ1) is 10.2. The van der Waals surface area contributed by atoms with Crippen LogP contribution in [0.2, 0.25) is 0 Å². The van der Waals surface area contributed by atoms with E-state index in [1.807, 2.05) is 13.8 Å². The van der Waals surface area contributed by atoms with E-state index in [9.17, 15) is 9.50 Å². The summed E-state index contributed by atoms with van der Waals surface area (Å²) in [5.41, 5.74) is 3.22. The van der Waals surface area contributed by atoms with Crippen molar-refractivity contribution in [3.63, 3.8) is 0 Å². The maximum atomic E-state index is 14.2. The highest BCUT2D eigenvalue weighted by Gasteiger charge is 2.16. The third kappa shape index (κ3) is 2.93. The van der Waals surface area contributed by atoms with Crippen LogP contribution in [0.15, 0.2) is 18.2 Å². The second-order valence-electron chi connectivity index (χ2n) is 4.83. The molecule has 21 heavy (non-hydrogen) atoms. The van der Waals surface area contributed by atoms with Crippen LogP contribution in [0.3, 0.4) is 0 Å². The maximum absolute atomic E-state index is 14.2. The van der Waals surface area contributed by atoms with Gasteiger partial charge in [-0.3, -0.25) is 4.68 Å². The molecule has 0 saturated heterocycles. The Hall–Kier alpha value is -1.88. The third-order valence-electron chi connectivity index (χ3n) is 3.66. The summed E-state index contributed by atoms with van der Waals surface area (Å²) in [6.45, 7) is 4.30. The normalized spacial score (nSPS) is 10.9. The van der Waals surface area contributed by atoms with Gasteiger partial charge in [-0.05, 0) is 18.9 Å². The number of aromatic nitrogens is 2. The number of aliphatic hydroxyl groups excluding tert-OH is 1. The molecule has 4 nitrogen and oxygen atoms in total. The van der Waals surface area contributed by atoms with Crippen molar-refractivity contribution >= 4 is 0 Å². The van der Waals surface area contributed by atoms with E-state index in [2.05, 4.69) is 5.10 Å². The highest BCUT2D eigenvalue weighted by Crippen LogP contribution is 2.23. The zero-order chi connectivity index (χ0) is 15.4. The summed E-state index contributed by atoms with van der Waals surface area (Å²) in [7, 11) is 1.45. The Morgan fingerprint density at radius 2 is 2.05 bits per heavy atom. The molecule has 0 atom stereocenters. The molecule has 0 amide bonds. The van der Waals surface area contributed by atoms with Gasteiger partial charge in [0.05, 0.1) is 26.0 Å². The average Bonchev–Trinajstić information content (AvgIpc) is 2.85. The number of halogens is 1. The Morgan fingerprint density at radius 1 is 1.29 bits per heavy atom. The largest absolute Gasteiger partial charge is 0.494 e. The van der Waals surface area contributed by atoms with Crippen LogP contribution in [0.1, 0.15) is 36.4 Å². The van der Waals surface area contributed by atoms with Gasteiger partial charge in [0.15, 0.2) is 11.6 Å². The van der Waals surface area contributed by atoms with Gasteiger partial charge in [0.2, 0.25) is 0 Å². The molecule has 0 bridgehead atoms. The van der Waals surface area contributed by atoms with Crippen LogP contribution >= 0.6 is 0 Å². The molecule has 2 rings (SSSR count). The fraction of sp³-hybridized carbons (Fsp3) is 0.438. The van der Waals surface area contributed by atoms with Crippen molar-refractivity contribution in [1.29, 1.82) is 0 Å². The van der Waals surface area contributed by atoms with Gasteiger partial charge < -0.3 is 9.84 Å². The van der Waals surface area contributed by atoms with Gasteiger partial charge in [0.25, 0.3) is 0 Å². The predicted molar refractivity (Wildman–Crippen MR) is 79.0 cm³/mol. The minimum atomic E-state index is -0.360. The second-order valence-corrected chi connectivity index (χ2v) is 4.83. The van der Waals surface area contributed by atoms with Crippen LogP contribution in [0.4, 0.5) is 4.39 Å². The molecule has 0 saturated carbocycles. The number of nitrogens with zero attached hydrogens (tertiary/aromatic N) is 2. The highest BCUT2D eigenvalue weighted by atomic mass is 19.1. The number of benzene rings is 1. The SMILES string of the molecule is CCc1nn(Cc2cccc(OC)c2F)c(CC)c1CO. The van der Waals surface area contributed by atoms with Gasteiger partial charge in [-0.2, -0.15) is 5.10 Å². The molecule has 5 heteroatoms. The van der Waals surface area contributed by atoms with Gasteiger partial charge in [-0.15, -0.1) is 0 Å². The van der Waals surface area contributed by atoms with Crippen molar-refractivity contribution in [1.82, 2.24) is 9.78 Å². The lowest BCUT2D eigenvalue weighted by molar-refractivity contribution is 0.279. The summed E-state index contributed by atoms with van der Waals surface area (Å²) in [4.78, 5) is 0. The Labute approximate surface area is 124 Å². The second kappa shape index (κ2) is 6.72. The standard InChI is InChI=1S/C16H21FN2O2/c1-4-13-12(10-20)14(5-2)19(18-13)9-11-7-6-8-15(21-3)16(11)17/h6-8,20H,4-5,9-10H2,1-3H3. The number of aryl methyl sites for hydroxylation is 1. The van der Waals surface area contributed by atoms with E-state index in [1.165, 1.54) is 7.11 Å². The number of rotatable bonds is 6. The van der Waals surface area contributed by atoms with Gasteiger partial charge in [0, 0.05) is 16.8 Å². The smallest absolute Gasteiger partial charge is 0.170 e. The van der Waals surface area contributed by atoms with Gasteiger partial charge >= 0.3 is 0 Å². The summed E-state index contributed by atoms with van der Waals surface area (Å²) in [5, 5.41) is 14.0. The minimum Gasteiger partial charge on any atom is -0.494 e. The summed E-state index contributed by atoms with van der Waals surface area (Å²) in [6, 6.07) is 5.09. The summed E-state index contributed by atoms with van der Waals surface area (Å²) in [6.07, 6.45) is 1.49. The van der Waals surface area contributed by atoms with Gasteiger partial charge in [-0.25, -0.2) is 4.39 Å². The van der Waals surface area contributed by atoms with Crippen LogP contribution in [0.5, 0.6) is 5.75 Å². The molecule has 2 aromatic rings. The van der Waals surface area contributed by atoms with Crippen LogP contribution < -0.4 is 4.74 Å². The first kappa shape index (κ1) is 15.5. The van der Waals surface area contributed by atoms with Crippen LogP contribution in [0.25, 0.3) is 0 Å². The Balaban J connectivity index is 2.42. The van der Waals surface area contributed by atoms with E-state index < -0.39 is 0 Å². The number of hydrogen-bond donors (Lipinski definition) is 1. The molecule has 1 N–H and O–H groups in total. The molecule has 0 aliphatic rings. The molecule has 114 valence electrons. The lowest BCUT2D eigenvalue weighted by Gasteiger charge is -2.10. The highest BCUT2D eigenvalue weighted by molar-refractivity contribution is 5.32. The van der Waals surface area contributed by atoms with Crippen molar-refractivity contribution in [2.24, 2.45) is 0 Å². The fourth-order valence-corrected chi connectivity index (χ4v) is 2.58. The van der Waals surface area contributed by atoms with Crippen molar-refractivity contribution in [2.45, 2.75) is 39.8 Å². The molecule has 0 unspecified atom stereocenters. The molecule has 0 fully saturated rings.